The largest absolute Gasteiger partial charge is 0.478 e. The molecule has 94 valence electrons. The molecule has 2 aromatic carbocycles. The van der Waals surface area contributed by atoms with Crippen molar-refractivity contribution in [3.63, 3.8) is 0 Å². The highest BCUT2D eigenvalue weighted by molar-refractivity contribution is 6.31. The van der Waals surface area contributed by atoms with E-state index in [1.165, 1.54) is 0 Å². The van der Waals surface area contributed by atoms with Gasteiger partial charge in [-0.25, -0.2) is 0 Å². The highest BCUT2D eigenvalue weighted by Gasteiger charge is 2.15. The Hall–Kier alpha value is -2.31. The SMILES string of the molecule is N#CCOc1ccc(Cl)cc1C(=O)c1ccccc1. The Morgan fingerprint density at radius 2 is 1.95 bits per heavy atom. The molecule has 0 aliphatic rings. The van der Waals surface area contributed by atoms with Gasteiger partial charge in [-0.15, -0.1) is 0 Å². The van der Waals surface area contributed by atoms with Gasteiger partial charge < -0.3 is 4.74 Å². The summed E-state index contributed by atoms with van der Waals surface area (Å²) < 4.78 is 5.24. The molecule has 0 bridgehead atoms. The number of hydrogen-bond donors (Lipinski definition) is 0. The molecule has 4 heteroatoms. The Labute approximate surface area is 116 Å². The molecule has 0 saturated carbocycles. The quantitative estimate of drug-likeness (QED) is 0.800. The molecule has 2 rings (SSSR count). The summed E-state index contributed by atoms with van der Waals surface area (Å²) in [6.45, 7) is -0.114. The molecule has 0 unspecified atom stereocenters. The van der Waals surface area contributed by atoms with E-state index in [9.17, 15) is 4.79 Å². The fraction of sp³-hybridized carbons (Fsp3) is 0.0667. The van der Waals surface area contributed by atoms with E-state index < -0.39 is 0 Å². The zero-order valence-corrected chi connectivity index (χ0v) is 10.7. The fourth-order valence-corrected chi connectivity index (χ4v) is 1.83. The monoisotopic (exact) mass is 271 g/mol. The number of benzene rings is 2. The Morgan fingerprint density at radius 1 is 1.21 bits per heavy atom. The third kappa shape index (κ3) is 3.12. The van der Waals surface area contributed by atoms with Gasteiger partial charge in [0.2, 0.25) is 0 Å². The number of hydrogen-bond acceptors (Lipinski definition) is 3. The molecule has 0 aliphatic carbocycles. The van der Waals surface area contributed by atoms with Gasteiger partial charge in [0.15, 0.2) is 12.4 Å². The lowest BCUT2D eigenvalue weighted by Crippen LogP contribution is -2.05. The molecule has 0 heterocycles. The first-order chi connectivity index (χ1) is 9.22. The van der Waals surface area contributed by atoms with Gasteiger partial charge in [-0.2, -0.15) is 5.26 Å². The van der Waals surface area contributed by atoms with Crippen LogP contribution >= 0.6 is 11.6 Å². The molecular weight excluding hydrogens is 262 g/mol. The van der Waals surface area contributed by atoms with Crippen molar-refractivity contribution in [2.75, 3.05) is 6.61 Å². The number of nitriles is 1. The number of ketones is 1. The minimum atomic E-state index is -0.184. The second-order valence-electron chi connectivity index (χ2n) is 3.78. The lowest BCUT2D eigenvalue weighted by atomic mass is 10.0. The zero-order chi connectivity index (χ0) is 13.7. The van der Waals surface area contributed by atoms with Crippen molar-refractivity contribution >= 4 is 17.4 Å². The Bertz CT molecular complexity index is 632. The Morgan fingerprint density at radius 3 is 2.63 bits per heavy atom. The number of carbonyl (C=O) groups is 1. The summed E-state index contributed by atoms with van der Waals surface area (Å²) in [6, 6.07) is 15.5. The number of halogens is 1. The van der Waals surface area contributed by atoms with Crippen molar-refractivity contribution in [3.8, 4) is 11.8 Å². The Kier molecular flexibility index (Phi) is 4.17. The van der Waals surface area contributed by atoms with Crippen molar-refractivity contribution in [2.45, 2.75) is 0 Å². The lowest BCUT2D eigenvalue weighted by Gasteiger charge is -2.09. The van der Waals surface area contributed by atoms with Gasteiger partial charge >= 0.3 is 0 Å². The number of nitrogens with zero attached hydrogens (tertiary/aromatic N) is 1. The molecule has 0 aromatic heterocycles. The third-order valence-corrected chi connectivity index (χ3v) is 2.75. The number of carbonyl (C=O) groups excluding carboxylic acids is 1. The van der Waals surface area contributed by atoms with Crippen molar-refractivity contribution in [1.82, 2.24) is 0 Å². The summed E-state index contributed by atoms with van der Waals surface area (Å²) in [5, 5.41) is 8.99. The summed E-state index contributed by atoms with van der Waals surface area (Å²) in [7, 11) is 0. The molecule has 0 N–H and O–H groups in total. The Balaban J connectivity index is 2.40. The summed E-state index contributed by atoms with van der Waals surface area (Å²) in [5.74, 6) is 0.177. The van der Waals surface area contributed by atoms with E-state index in [0.717, 1.165) is 0 Å². The summed E-state index contributed by atoms with van der Waals surface area (Å²) in [4.78, 5) is 12.4. The van der Waals surface area contributed by atoms with Crippen molar-refractivity contribution in [2.24, 2.45) is 0 Å². The van der Waals surface area contributed by atoms with Crippen LogP contribution in [0.2, 0.25) is 5.02 Å². The highest BCUT2D eigenvalue weighted by atomic mass is 35.5. The molecule has 0 amide bonds. The van der Waals surface area contributed by atoms with E-state index in [4.69, 9.17) is 21.6 Å². The van der Waals surface area contributed by atoms with E-state index in [1.54, 1.807) is 42.5 Å². The zero-order valence-electron chi connectivity index (χ0n) is 9.97. The minimum absolute atomic E-state index is 0.114. The van der Waals surface area contributed by atoms with E-state index in [1.807, 2.05) is 12.1 Å². The van der Waals surface area contributed by atoms with E-state index in [2.05, 4.69) is 0 Å². The molecule has 0 spiro atoms. The average Bonchev–Trinajstić information content (AvgIpc) is 2.46. The van der Waals surface area contributed by atoms with Gasteiger partial charge in [-0.3, -0.25) is 4.79 Å². The summed E-state index contributed by atoms with van der Waals surface area (Å²) in [5.41, 5.74) is 0.903. The molecule has 3 nitrogen and oxygen atoms in total. The second kappa shape index (κ2) is 6.03. The minimum Gasteiger partial charge on any atom is -0.478 e. The van der Waals surface area contributed by atoms with Crippen LogP contribution < -0.4 is 4.74 Å². The molecule has 0 fully saturated rings. The van der Waals surface area contributed by atoms with Crippen molar-refractivity contribution < 1.29 is 9.53 Å². The summed E-state index contributed by atoms with van der Waals surface area (Å²) >= 11 is 5.91. The van der Waals surface area contributed by atoms with Crippen molar-refractivity contribution in [3.05, 3.63) is 64.7 Å². The van der Waals surface area contributed by atoms with E-state index in [0.29, 0.717) is 21.9 Å². The maximum atomic E-state index is 12.4. The topological polar surface area (TPSA) is 50.1 Å². The van der Waals surface area contributed by atoms with Gasteiger partial charge in [0.25, 0.3) is 0 Å². The third-order valence-electron chi connectivity index (χ3n) is 2.51. The molecule has 0 saturated heterocycles. The fourth-order valence-electron chi connectivity index (χ4n) is 1.66. The number of ether oxygens (including phenoxy) is 1. The maximum Gasteiger partial charge on any atom is 0.196 e. The van der Waals surface area contributed by atoms with E-state index >= 15 is 0 Å². The predicted octanol–water partition coefficient (Wildman–Crippen LogP) is 3.47. The summed E-state index contributed by atoms with van der Waals surface area (Å²) in [6.07, 6.45) is 0. The molecule has 2 aromatic rings. The number of rotatable bonds is 4. The van der Waals surface area contributed by atoms with Crippen LogP contribution in [0.3, 0.4) is 0 Å². The molecule has 19 heavy (non-hydrogen) atoms. The first kappa shape index (κ1) is 13.1. The lowest BCUT2D eigenvalue weighted by molar-refractivity contribution is 0.103. The first-order valence-corrected chi connectivity index (χ1v) is 5.99. The van der Waals surface area contributed by atoms with Crippen LogP contribution in [0.1, 0.15) is 15.9 Å². The smallest absolute Gasteiger partial charge is 0.196 e. The first-order valence-electron chi connectivity index (χ1n) is 5.61. The van der Waals surface area contributed by atoms with Gasteiger partial charge in [0.05, 0.1) is 5.56 Å². The molecule has 0 radical (unpaired) electrons. The highest BCUT2D eigenvalue weighted by Crippen LogP contribution is 2.25. The average molecular weight is 272 g/mol. The van der Waals surface area contributed by atoms with Crippen LogP contribution in [0.15, 0.2) is 48.5 Å². The van der Waals surface area contributed by atoms with Crippen LogP contribution in [-0.4, -0.2) is 12.4 Å². The van der Waals surface area contributed by atoms with Crippen LogP contribution in [0.5, 0.6) is 5.75 Å². The molecule has 0 aliphatic heterocycles. The molecule has 0 atom stereocenters. The van der Waals surface area contributed by atoms with Gasteiger partial charge in [0.1, 0.15) is 11.8 Å². The van der Waals surface area contributed by atoms with Gasteiger partial charge in [-0.1, -0.05) is 41.9 Å². The molecular formula is C15H10ClNO2. The normalized spacial score (nSPS) is 9.68. The van der Waals surface area contributed by atoms with Crippen molar-refractivity contribution in [1.29, 1.82) is 5.26 Å². The van der Waals surface area contributed by atoms with Crippen LogP contribution in [0.25, 0.3) is 0 Å². The van der Waals surface area contributed by atoms with E-state index in [-0.39, 0.29) is 12.4 Å². The van der Waals surface area contributed by atoms with Gasteiger partial charge in [-0.05, 0) is 18.2 Å². The van der Waals surface area contributed by atoms with Crippen LogP contribution in [-0.2, 0) is 0 Å². The van der Waals surface area contributed by atoms with Crippen LogP contribution in [0.4, 0.5) is 0 Å². The maximum absolute atomic E-state index is 12.4. The van der Waals surface area contributed by atoms with Crippen LogP contribution in [0, 0.1) is 11.3 Å². The van der Waals surface area contributed by atoms with Gasteiger partial charge in [0, 0.05) is 10.6 Å². The predicted molar refractivity (Wildman–Crippen MR) is 72.4 cm³/mol. The standard InChI is InChI=1S/C15H10ClNO2/c16-12-6-7-14(19-9-8-17)13(10-12)15(18)11-4-2-1-3-5-11/h1-7,10H,9H2. The second-order valence-corrected chi connectivity index (χ2v) is 4.22.